The lowest BCUT2D eigenvalue weighted by Crippen LogP contribution is -2.53. The van der Waals surface area contributed by atoms with Crippen molar-refractivity contribution >= 4 is 35.1 Å². The highest BCUT2D eigenvalue weighted by Gasteiger charge is 2.54. The van der Waals surface area contributed by atoms with Crippen LogP contribution < -0.4 is 21.9 Å². The molecule has 0 aromatic carbocycles. The highest BCUT2D eigenvalue weighted by atomic mass is 32.2. The number of nitrogens with zero attached hydrogens (tertiary/aromatic N) is 3. The van der Waals surface area contributed by atoms with E-state index in [4.69, 9.17) is 10.5 Å². The van der Waals surface area contributed by atoms with E-state index in [-0.39, 0.29) is 36.5 Å². The Bertz CT molecular complexity index is 958. The van der Waals surface area contributed by atoms with Gasteiger partial charge in [0.05, 0.1) is 11.5 Å². The van der Waals surface area contributed by atoms with E-state index in [0.717, 1.165) is 0 Å². The number of nitrogen functional groups attached to an aromatic ring is 1. The van der Waals surface area contributed by atoms with Crippen LogP contribution in [0.3, 0.4) is 0 Å². The lowest BCUT2D eigenvalue weighted by atomic mass is 10.2. The van der Waals surface area contributed by atoms with Gasteiger partial charge in [0, 0.05) is 32.4 Å². The van der Waals surface area contributed by atoms with Crippen LogP contribution in [0.5, 0.6) is 0 Å². The van der Waals surface area contributed by atoms with Gasteiger partial charge in [-0.3, -0.25) is 23.9 Å². The smallest absolute Gasteiger partial charge is 0.330 e. The fraction of sp³-hybridized carbons (Fsp3) is 0.684. The maximum Gasteiger partial charge on any atom is 0.330 e. The van der Waals surface area contributed by atoms with Crippen LogP contribution >= 0.6 is 11.8 Å². The molecule has 2 fully saturated rings. The van der Waals surface area contributed by atoms with Gasteiger partial charge in [-0.25, -0.2) is 4.79 Å². The minimum Gasteiger partial charge on any atom is -0.383 e. The van der Waals surface area contributed by atoms with Gasteiger partial charge in [-0.1, -0.05) is 13.8 Å². The summed E-state index contributed by atoms with van der Waals surface area (Å²) in [6.07, 6.45) is 1.08. The van der Waals surface area contributed by atoms with E-state index in [1.54, 1.807) is 16.7 Å². The summed E-state index contributed by atoms with van der Waals surface area (Å²) >= 11 is 1.57. The van der Waals surface area contributed by atoms with Gasteiger partial charge in [0.1, 0.15) is 11.9 Å². The number of carbonyl (C=O) groups excluding carboxylic acids is 2. The lowest BCUT2D eigenvalue weighted by molar-refractivity contribution is -0.136. The minimum atomic E-state index is -0.733. The molecule has 2 unspecified atom stereocenters. The van der Waals surface area contributed by atoms with Crippen molar-refractivity contribution in [2.75, 3.05) is 36.6 Å². The Balaban J connectivity index is 2.05. The molecule has 2 atom stereocenters. The number of fused-ring (bicyclic) bond motifs is 1. The summed E-state index contributed by atoms with van der Waals surface area (Å²) in [6, 6.07) is -0.698. The number of hydrogen-bond acceptors (Lipinski definition) is 7. The summed E-state index contributed by atoms with van der Waals surface area (Å²) in [5, 5.41) is 0. The summed E-state index contributed by atoms with van der Waals surface area (Å²) in [5.41, 5.74) is 4.79. The fourth-order valence-corrected chi connectivity index (χ4v) is 5.51. The Morgan fingerprint density at radius 1 is 1.40 bits per heavy atom. The number of ether oxygens (including phenoxy) is 1. The number of nitrogens with one attached hydrogen (secondary N) is 1. The number of anilines is 2. The maximum absolute atomic E-state index is 13.6. The van der Waals surface area contributed by atoms with Crippen molar-refractivity contribution in [3.63, 3.8) is 0 Å². The number of nitrogens with two attached hydrogens (primary N) is 1. The quantitative estimate of drug-likeness (QED) is 0.621. The van der Waals surface area contributed by atoms with Gasteiger partial charge in [0.25, 0.3) is 11.5 Å². The summed E-state index contributed by atoms with van der Waals surface area (Å²) in [4.78, 5) is 55.8. The van der Waals surface area contributed by atoms with Crippen molar-refractivity contribution in [3.05, 3.63) is 20.8 Å². The molecule has 1 aromatic rings. The van der Waals surface area contributed by atoms with Gasteiger partial charge < -0.3 is 20.3 Å². The van der Waals surface area contributed by atoms with Crippen LogP contribution in [-0.4, -0.2) is 63.2 Å². The van der Waals surface area contributed by atoms with E-state index in [1.165, 1.54) is 16.6 Å². The first-order valence-electron chi connectivity index (χ1n) is 9.99. The SMILES string of the molecule is COCCN(C(=O)C1CSC2(C)CCC(=O)N12)c1c(N)n(CC(C)C)c(=O)[nH]c1=O. The number of rotatable bonds is 7. The minimum absolute atomic E-state index is 0.0666. The number of aromatic amines is 1. The molecule has 2 amide bonds. The molecule has 0 radical (unpaired) electrons. The molecule has 2 aliphatic rings. The zero-order chi connectivity index (χ0) is 22.2. The second kappa shape index (κ2) is 8.46. The number of carbonyl (C=O) groups is 2. The second-order valence-electron chi connectivity index (χ2n) is 8.25. The highest BCUT2D eigenvalue weighted by molar-refractivity contribution is 8.01. The first-order chi connectivity index (χ1) is 14.1. The monoisotopic (exact) mass is 439 g/mol. The molecule has 0 bridgehead atoms. The van der Waals surface area contributed by atoms with Crippen molar-refractivity contribution in [2.45, 2.75) is 51.1 Å². The molecule has 1 aromatic heterocycles. The number of hydrogen-bond donors (Lipinski definition) is 2. The van der Waals surface area contributed by atoms with Crippen LogP contribution in [0, 0.1) is 5.92 Å². The zero-order valence-corrected chi connectivity index (χ0v) is 18.6. The molecule has 166 valence electrons. The molecule has 10 nitrogen and oxygen atoms in total. The Hall–Kier alpha value is -2.27. The Morgan fingerprint density at radius 3 is 2.73 bits per heavy atom. The van der Waals surface area contributed by atoms with E-state index < -0.39 is 28.1 Å². The third kappa shape index (κ3) is 3.87. The molecule has 11 heteroatoms. The van der Waals surface area contributed by atoms with Crippen molar-refractivity contribution < 1.29 is 14.3 Å². The molecule has 2 saturated heterocycles. The topological polar surface area (TPSA) is 131 Å². The van der Waals surface area contributed by atoms with Crippen LogP contribution in [0.4, 0.5) is 11.5 Å². The van der Waals surface area contributed by atoms with E-state index in [2.05, 4.69) is 4.98 Å². The predicted octanol–water partition coefficient (Wildman–Crippen LogP) is 0.208. The third-order valence-electron chi connectivity index (χ3n) is 5.55. The molecule has 30 heavy (non-hydrogen) atoms. The third-order valence-corrected chi connectivity index (χ3v) is 7.05. The summed E-state index contributed by atoms with van der Waals surface area (Å²) in [5.74, 6) is 0.00217. The Morgan fingerprint density at radius 2 is 2.10 bits per heavy atom. The van der Waals surface area contributed by atoms with E-state index in [0.29, 0.717) is 25.1 Å². The molecule has 2 aliphatic heterocycles. The molecule has 0 saturated carbocycles. The first-order valence-corrected chi connectivity index (χ1v) is 11.0. The van der Waals surface area contributed by atoms with Crippen LogP contribution in [0.2, 0.25) is 0 Å². The summed E-state index contributed by atoms with van der Waals surface area (Å²) in [7, 11) is 1.49. The van der Waals surface area contributed by atoms with Crippen LogP contribution in [0.15, 0.2) is 9.59 Å². The van der Waals surface area contributed by atoms with E-state index >= 15 is 0 Å². The van der Waals surface area contributed by atoms with E-state index in [9.17, 15) is 19.2 Å². The molecule has 0 spiro atoms. The standard InChI is InChI=1S/C19H29N5O5S/c1-11(2)9-23-15(20)14(16(26)21-18(23)28)22(7-8-29-4)17(27)12-10-30-19(3)6-5-13(25)24(12)19/h11-12H,5-10,20H2,1-4H3,(H,21,26,28). The highest BCUT2D eigenvalue weighted by Crippen LogP contribution is 2.47. The van der Waals surface area contributed by atoms with E-state index in [1.807, 2.05) is 20.8 Å². The maximum atomic E-state index is 13.6. The van der Waals surface area contributed by atoms with Gasteiger partial charge in [-0.05, 0) is 19.3 Å². The van der Waals surface area contributed by atoms with Crippen molar-refractivity contribution in [1.29, 1.82) is 0 Å². The van der Waals surface area contributed by atoms with Crippen molar-refractivity contribution in [3.8, 4) is 0 Å². The number of amides is 2. The van der Waals surface area contributed by atoms with Gasteiger partial charge in [0.15, 0.2) is 5.69 Å². The zero-order valence-electron chi connectivity index (χ0n) is 17.8. The van der Waals surface area contributed by atoms with Crippen molar-refractivity contribution in [1.82, 2.24) is 14.5 Å². The average molecular weight is 440 g/mol. The first kappa shape index (κ1) is 22.4. The number of methoxy groups -OCH3 is 1. The Kier molecular flexibility index (Phi) is 6.32. The average Bonchev–Trinajstić information content (AvgIpc) is 3.16. The molecule has 0 aliphatic carbocycles. The largest absolute Gasteiger partial charge is 0.383 e. The van der Waals surface area contributed by atoms with Gasteiger partial charge in [-0.2, -0.15) is 0 Å². The molecular weight excluding hydrogens is 410 g/mol. The normalized spacial score (nSPS) is 23.3. The van der Waals surface area contributed by atoms with Crippen LogP contribution in [-0.2, 0) is 20.9 Å². The number of aromatic nitrogens is 2. The van der Waals surface area contributed by atoms with Crippen LogP contribution in [0.1, 0.15) is 33.6 Å². The molecule has 3 heterocycles. The van der Waals surface area contributed by atoms with Crippen molar-refractivity contribution in [2.24, 2.45) is 5.92 Å². The second-order valence-corrected chi connectivity index (χ2v) is 9.75. The molecular formula is C19H29N5O5S. The number of thioether (sulfide) groups is 1. The fourth-order valence-electron chi connectivity index (χ4n) is 4.08. The van der Waals surface area contributed by atoms with Gasteiger partial charge >= 0.3 is 5.69 Å². The van der Waals surface area contributed by atoms with Gasteiger partial charge in [0.2, 0.25) is 5.91 Å². The molecule has 3 rings (SSSR count). The molecule has 3 N–H and O–H groups in total. The number of H-pyrrole nitrogens is 1. The Labute approximate surface area is 178 Å². The summed E-state index contributed by atoms with van der Waals surface area (Å²) < 4.78 is 6.40. The predicted molar refractivity (Wildman–Crippen MR) is 116 cm³/mol. The lowest BCUT2D eigenvalue weighted by Gasteiger charge is -2.33. The van der Waals surface area contributed by atoms with Gasteiger partial charge in [-0.15, -0.1) is 11.8 Å². The summed E-state index contributed by atoms with van der Waals surface area (Å²) in [6.45, 7) is 6.32. The van der Waals surface area contributed by atoms with Crippen LogP contribution in [0.25, 0.3) is 0 Å².